The van der Waals surface area contributed by atoms with Gasteiger partial charge in [0.15, 0.2) is 0 Å². The van der Waals surface area contributed by atoms with Crippen LogP contribution in [-0.2, 0) is 4.74 Å². The van der Waals surface area contributed by atoms with Crippen molar-refractivity contribution in [3.05, 3.63) is 37.1 Å². The van der Waals surface area contributed by atoms with Gasteiger partial charge in [0.1, 0.15) is 5.76 Å². The summed E-state index contributed by atoms with van der Waals surface area (Å²) in [6, 6.07) is 0. The number of nitrogens with one attached hydrogen (secondary N) is 1. The molecule has 0 aromatic rings. The summed E-state index contributed by atoms with van der Waals surface area (Å²) in [7, 11) is 0. The van der Waals surface area contributed by atoms with Crippen LogP contribution >= 0.6 is 12.8 Å². The summed E-state index contributed by atoms with van der Waals surface area (Å²) in [5.74, 6) is 0.326. The molecule has 0 bridgehead atoms. The van der Waals surface area contributed by atoms with Gasteiger partial charge in [-0.25, -0.2) is 4.79 Å². The summed E-state index contributed by atoms with van der Waals surface area (Å²) in [6.45, 7) is 10.8. The predicted octanol–water partition coefficient (Wildman–Crippen LogP) is 2.84. The molecule has 0 saturated carbocycles. The number of hydrogen-bond acceptors (Lipinski definition) is 3. The van der Waals surface area contributed by atoms with E-state index in [0.29, 0.717) is 5.76 Å². The van der Waals surface area contributed by atoms with Crippen LogP contribution in [0.5, 0.6) is 0 Å². The number of carbonyl (C=O) groups excluding carboxylic acids is 1. The second-order valence-electron chi connectivity index (χ2n) is 1.51. The zero-order chi connectivity index (χ0) is 10.7. The first-order valence-electron chi connectivity index (χ1n) is 3.81. The molecule has 0 fully saturated rings. The molecule has 0 heterocycles. The average molecular weight is 201 g/mol. The van der Waals surface area contributed by atoms with Crippen LogP contribution in [-0.4, -0.2) is 6.09 Å². The van der Waals surface area contributed by atoms with Crippen LogP contribution in [0.1, 0.15) is 13.8 Å². The van der Waals surface area contributed by atoms with Gasteiger partial charge < -0.3 is 4.74 Å². The Kier molecular flexibility index (Phi) is 12.0. The van der Waals surface area contributed by atoms with E-state index >= 15 is 0 Å². The second kappa shape index (κ2) is 10.8. The molecule has 0 spiro atoms. The van der Waals surface area contributed by atoms with Crippen LogP contribution in [0.2, 0.25) is 0 Å². The smallest absolute Gasteiger partial charge is 0.410 e. The minimum absolute atomic E-state index is 0.326. The van der Waals surface area contributed by atoms with Gasteiger partial charge in [0.05, 0.1) is 0 Å². The maximum absolute atomic E-state index is 10.5. The largest absolute Gasteiger partial charge is 0.422 e. The lowest BCUT2D eigenvalue weighted by atomic mass is 10.4. The number of allylic oxidation sites excluding steroid dienone is 3. The van der Waals surface area contributed by atoms with Crippen LogP contribution in [0.3, 0.4) is 0 Å². The molecule has 0 unspecified atom stereocenters. The normalized spacial score (nSPS) is 9.00. The first-order chi connectivity index (χ1) is 6.24. The molecule has 0 aliphatic heterocycles. The Morgan fingerprint density at radius 2 is 2.00 bits per heavy atom. The molecule has 4 heteroatoms. The maximum atomic E-state index is 10.5. The Morgan fingerprint density at radius 3 is 2.31 bits per heavy atom. The fraction of sp³-hybridized carbons (Fsp3) is 0.222. The summed E-state index contributed by atoms with van der Waals surface area (Å²) in [6.07, 6.45) is 3.74. The number of rotatable bonds is 3. The van der Waals surface area contributed by atoms with Gasteiger partial charge in [0, 0.05) is 0 Å². The SMILES string of the molecule is C=C/C=C(\C=C)OC(=O)NS.CC. The molecule has 0 aliphatic rings. The molecule has 0 rings (SSSR count). The quantitative estimate of drug-likeness (QED) is 0.418. The van der Waals surface area contributed by atoms with Crippen LogP contribution in [0, 0.1) is 0 Å². The van der Waals surface area contributed by atoms with Crippen LogP contribution in [0.15, 0.2) is 37.1 Å². The van der Waals surface area contributed by atoms with Gasteiger partial charge >= 0.3 is 6.09 Å². The van der Waals surface area contributed by atoms with Gasteiger partial charge in [-0.3, -0.25) is 4.72 Å². The zero-order valence-corrected chi connectivity index (χ0v) is 8.80. The molecule has 0 saturated heterocycles. The molecule has 0 radical (unpaired) electrons. The molecule has 0 aromatic heterocycles. The van der Waals surface area contributed by atoms with Crippen molar-refractivity contribution in [3.8, 4) is 0 Å². The van der Waals surface area contributed by atoms with E-state index in [-0.39, 0.29) is 0 Å². The molecule has 0 aromatic carbocycles. The van der Waals surface area contributed by atoms with E-state index in [1.165, 1.54) is 18.2 Å². The lowest BCUT2D eigenvalue weighted by Crippen LogP contribution is -2.13. The van der Waals surface area contributed by atoms with Crippen molar-refractivity contribution in [1.82, 2.24) is 4.72 Å². The summed E-state index contributed by atoms with van der Waals surface area (Å²) < 4.78 is 6.63. The van der Waals surface area contributed by atoms with Gasteiger partial charge in [-0.1, -0.05) is 45.9 Å². The van der Waals surface area contributed by atoms with Crippen molar-refractivity contribution in [2.24, 2.45) is 0 Å². The van der Waals surface area contributed by atoms with Gasteiger partial charge in [0.2, 0.25) is 0 Å². The Morgan fingerprint density at radius 1 is 1.46 bits per heavy atom. The van der Waals surface area contributed by atoms with Gasteiger partial charge in [-0.2, -0.15) is 0 Å². The first-order valence-corrected chi connectivity index (χ1v) is 4.26. The third kappa shape index (κ3) is 8.75. The molecular weight excluding hydrogens is 186 g/mol. The van der Waals surface area contributed by atoms with E-state index in [0.717, 1.165) is 0 Å². The summed E-state index contributed by atoms with van der Waals surface area (Å²) in [4.78, 5) is 10.5. The van der Waals surface area contributed by atoms with Gasteiger partial charge in [-0.05, 0) is 12.2 Å². The lowest BCUT2D eigenvalue weighted by Gasteiger charge is -2.00. The highest BCUT2D eigenvalue weighted by molar-refractivity contribution is 7.78. The monoisotopic (exact) mass is 201 g/mol. The van der Waals surface area contributed by atoms with E-state index in [4.69, 9.17) is 0 Å². The lowest BCUT2D eigenvalue weighted by molar-refractivity contribution is 0.187. The Hall–Kier alpha value is -1.16. The first kappa shape index (κ1) is 14.4. The van der Waals surface area contributed by atoms with E-state index < -0.39 is 6.09 Å². The van der Waals surface area contributed by atoms with E-state index in [1.54, 1.807) is 0 Å². The highest BCUT2D eigenvalue weighted by Gasteiger charge is 1.98. The second-order valence-corrected chi connectivity index (χ2v) is 1.73. The van der Waals surface area contributed by atoms with Crippen LogP contribution in [0.4, 0.5) is 4.79 Å². The van der Waals surface area contributed by atoms with Crippen LogP contribution in [0.25, 0.3) is 0 Å². The van der Waals surface area contributed by atoms with E-state index in [1.807, 2.05) is 18.6 Å². The number of ether oxygens (including phenoxy) is 1. The molecular formula is C9H15NO2S. The number of amides is 1. The highest BCUT2D eigenvalue weighted by atomic mass is 32.1. The van der Waals surface area contributed by atoms with Gasteiger partial charge in [-0.15, -0.1) is 0 Å². The third-order valence-electron chi connectivity index (χ3n) is 0.785. The number of hydrogen-bond donors (Lipinski definition) is 2. The molecule has 74 valence electrons. The summed E-state index contributed by atoms with van der Waals surface area (Å²) >= 11 is 3.49. The number of thiol groups is 1. The predicted molar refractivity (Wildman–Crippen MR) is 58.4 cm³/mol. The molecule has 1 N–H and O–H groups in total. The van der Waals surface area contributed by atoms with Crippen LogP contribution < -0.4 is 4.72 Å². The minimum atomic E-state index is -0.652. The van der Waals surface area contributed by atoms with Crippen molar-refractivity contribution in [3.63, 3.8) is 0 Å². The Balaban J connectivity index is 0. The van der Waals surface area contributed by atoms with E-state index in [2.05, 4.69) is 30.7 Å². The van der Waals surface area contributed by atoms with Crippen molar-refractivity contribution in [1.29, 1.82) is 0 Å². The standard InChI is InChI=1S/C7H9NO2S.C2H6/c1-3-5-6(4-2)10-7(9)8-11;1-2/h3-5,11H,1-2H2,(H,8,9);1-2H3/b6-5+;. The minimum Gasteiger partial charge on any atom is -0.410 e. The average Bonchev–Trinajstić information content (AvgIpc) is 2.20. The van der Waals surface area contributed by atoms with Crippen molar-refractivity contribution in [2.75, 3.05) is 0 Å². The van der Waals surface area contributed by atoms with Crippen molar-refractivity contribution in [2.45, 2.75) is 13.8 Å². The summed E-state index contributed by atoms with van der Waals surface area (Å²) in [5.41, 5.74) is 0. The fourth-order valence-electron chi connectivity index (χ4n) is 0.390. The molecule has 13 heavy (non-hydrogen) atoms. The zero-order valence-electron chi connectivity index (χ0n) is 7.91. The highest BCUT2D eigenvalue weighted by Crippen LogP contribution is 1.98. The van der Waals surface area contributed by atoms with E-state index in [9.17, 15) is 4.79 Å². The fourth-order valence-corrected chi connectivity index (χ4v) is 0.435. The summed E-state index contributed by atoms with van der Waals surface area (Å²) in [5, 5.41) is 0. The maximum Gasteiger partial charge on any atom is 0.422 e. The Bertz CT molecular complexity index is 200. The molecule has 3 nitrogen and oxygen atoms in total. The third-order valence-corrected chi connectivity index (χ3v) is 0.968. The molecule has 1 amide bonds. The van der Waals surface area contributed by atoms with Crippen molar-refractivity contribution < 1.29 is 9.53 Å². The topological polar surface area (TPSA) is 38.3 Å². The van der Waals surface area contributed by atoms with Gasteiger partial charge in [0.25, 0.3) is 0 Å². The molecule has 0 atom stereocenters. The molecule has 0 aliphatic carbocycles. The van der Waals surface area contributed by atoms with Crippen molar-refractivity contribution >= 4 is 18.9 Å². The number of carbonyl (C=O) groups is 1. The Labute approximate surface area is 84.7 Å².